The summed E-state index contributed by atoms with van der Waals surface area (Å²) in [4.78, 5) is 0. The van der Waals surface area contributed by atoms with Gasteiger partial charge in [0.1, 0.15) is 10.6 Å². The topological polar surface area (TPSA) is 0 Å². The molecule has 0 aliphatic heterocycles. The molecule has 0 saturated carbocycles. The van der Waals surface area contributed by atoms with Crippen molar-refractivity contribution in [1.82, 2.24) is 0 Å². The van der Waals surface area contributed by atoms with Crippen LogP contribution in [0.4, 0.5) is 0 Å². The number of hydrogen-bond donors (Lipinski definition) is 0. The van der Waals surface area contributed by atoms with Gasteiger partial charge in [-0.2, -0.15) is 0 Å². The minimum atomic E-state index is 0. The second-order valence-electron chi connectivity index (χ2n) is 5.67. The third-order valence-corrected chi connectivity index (χ3v) is 5.53. The number of benzene rings is 1. The van der Waals surface area contributed by atoms with Crippen LogP contribution in [0.3, 0.4) is 0 Å². The highest BCUT2D eigenvalue weighted by molar-refractivity contribution is 14.1. The van der Waals surface area contributed by atoms with Gasteiger partial charge in [0.05, 0.1) is 12.1 Å². The van der Waals surface area contributed by atoms with Gasteiger partial charge in [0.2, 0.25) is 0 Å². The van der Waals surface area contributed by atoms with Crippen molar-refractivity contribution in [2.45, 2.75) is 50.2 Å². The van der Waals surface area contributed by atoms with Crippen LogP contribution in [0.25, 0.3) is 0 Å². The maximum absolute atomic E-state index is 5.65. The lowest BCUT2D eigenvalue weighted by Crippen LogP contribution is -3.00. The Labute approximate surface area is 144 Å². The summed E-state index contributed by atoms with van der Waals surface area (Å²) in [7, 11) is 0. The zero-order valence-corrected chi connectivity index (χ0v) is 15.7. The molecule has 0 aliphatic carbocycles. The van der Waals surface area contributed by atoms with Crippen molar-refractivity contribution in [2.24, 2.45) is 0 Å². The van der Waals surface area contributed by atoms with E-state index in [9.17, 15) is 0 Å². The lowest BCUT2D eigenvalue weighted by atomic mass is 10.1. The van der Waals surface area contributed by atoms with E-state index in [4.69, 9.17) is 6.42 Å². The van der Waals surface area contributed by atoms with Crippen LogP contribution in [0.2, 0.25) is 0 Å². The van der Waals surface area contributed by atoms with Crippen molar-refractivity contribution >= 4 is 22.6 Å². The molecule has 112 valence electrons. The molecule has 1 rings (SSSR count). The lowest BCUT2D eigenvalue weighted by molar-refractivity contribution is -0.965. The average Bonchev–Trinajstić information content (AvgIpc) is 2.36. The SMILES string of the molecule is C#CC[N+](C(C)C)(C(C)C)C(I)Cc1ccccc1.[Cl-]. The molecular weight excluding hydrogens is 381 g/mol. The highest BCUT2D eigenvalue weighted by Gasteiger charge is 2.40. The summed E-state index contributed by atoms with van der Waals surface area (Å²) in [5.74, 6) is 2.91. The zero-order valence-electron chi connectivity index (χ0n) is 12.8. The highest BCUT2D eigenvalue weighted by Crippen LogP contribution is 2.30. The first-order valence-electron chi connectivity index (χ1n) is 6.93. The Morgan fingerprint density at radius 3 is 2.00 bits per heavy atom. The van der Waals surface area contributed by atoms with Gasteiger partial charge in [0, 0.05) is 6.42 Å². The molecule has 0 N–H and O–H groups in total. The molecule has 1 unspecified atom stereocenters. The minimum Gasteiger partial charge on any atom is -1.00 e. The van der Waals surface area contributed by atoms with Gasteiger partial charge >= 0.3 is 0 Å². The summed E-state index contributed by atoms with van der Waals surface area (Å²) in [5.41, 5.74) is 1.39. The Morgan fingerprint density at radius 1 is 1.10 bits per heavy atom. The van der Waals surface area contributed by atoms with Crippen molar-refractivity contribution in [1.29, 1.82) is 0 Å². The monoisotopic (exact) mass is 405 g/mol. The van der Waals surface area contributed by atoms with Crippen molar-refractivity contribution < 1.29 is 16.9 Å². The number of terminal acetylenes is 1. The maximum atomic E-state index is 5.65. The van der Waals surface area contributed by atoms with E-state index in [-0.39, 0.29) is 12.4 Å². The fourth-order valence-electron chi connectivity index (χ4n) is 2.84. The molecule has 0 fully saturated rings. The quantitative estimate of drug-likeness (QED) is 0.220. The summed E-state index contributed by atoms with van der Waals surface area (Å²) < 4.78 is 1.47. The highest BCUT2D eigenvalue weighted by atomic mass is 127. The van der Waals surface area contributed by atoms with E-state index in [0.717, 1.165) is 17.4 Å². The number of quaternary nitrogens is 1. The molecule has 0 amide bonds. The fraction of sp³-hybridized carbons (Fsp3) is 0.529. The van der Waals surface area contributed by atoms with Gasteiger partial charge in [-0.15, -0.1) is 6.42 Å². The van der Waals surface area contributed by atoms with Gasteiger partial charge in [0.25, 0.3) is 0 Å². The molecule has 0 heterocycles. The van der Waals surface area contributed by atoms with Gasteiger partial charge in [-0.25, -0.2) is 0 Å². The first-order chi connectivity index (χ1) is 8.95. The van der Waals surface area contributed by atoms with E-state index >= 15 is 0 Å². The van der Waals surface area contributed by atoms with Crippen LogP contribution in [0.15, 0.2) is 30.3 Å². The predicted octanol–water partition coefficient (Wildman–Crippen LogP) is 1.26. The number of hydrogen-bond acceptors (Lipinski definition) is 0. The van der Waals surface area contributed by atoms with Crippen molar-refractivity contribution in [3.8, 4) is 12.3 Å². The summed E-state index contributed by atoms with van der Waals surface area (Å²) in [5, 5.41) is 0. The largest absolute Gasteiger partial charge is 1.00 e. The summed E-state index contributed by atoms with van der Waals surface area (Å²) in [6.45, 7) is 9.94. The van der Waals surface area contributed by atoms with Gasteiger partial charge in [-0.1, -0.05) is 30.3 Å². The number of alkyl halides is 1. The van der Waals surface area contributed by atoms with E-state index in [1.54, 1.807) is 0 Å². The number of rotatable bonds is 6. The van der Waals surface area contributed by atoms with E-state index in [1.165, 1.54) is 5.56 Å². The molecule has 1 aromatic rings. The fourth-order valence-corrected chi connectivity index (χ4v) is 4.84. The van der Waals surface area contributed by atoms with E-state index in [2.05, 4.69) is 86.5 Å². The molecule has 0 aromatic heterocycles. The molecule has 1 atom stereocenters. The van der Waals surface area contributed by atoms with Gasteiger partial charge in [-0.05, 0) is 61.8 Å². The normalized spacial score (nSPS) is 12.9. The molecule has 20 heavy (non-hydrogen) atoms. The van der Waals surface area contributed by atoms with Crippen LogP contribution < -0.4 is 12.4 Å². The Kier molecular flexibility index (Phi) is 8.81. The summed E-state index contributed by atoms with van der Waals surface area (Å²) >= 11 is 2.59. The molecule has 0 spiro atoms. The number of nitrogens with zero attached hydrogens (tertiary/aromatic N) is 1. The minimum absolute atomic E-state index is 0. The summed E-state index contributed by atoms with van der Waals surface area (Å²) in [6, 6.07) is 11.8. The smallest absolute Gasteiger partial charge is 0.144 e. The summed E-state index contributed by atoms with van der Waals surface area (Å²) in [6.07, 6.45) is 6.72. The Balaban J connectivity index is 0.00000361. The van der Waals surface area contributed by atoms with Gasteiger partial charge < -0.3 is 12.4 Å². The Bertz CT molecular complexity index is 414. The van der Waals surface area contributed by atoms with Gasteiger partial charge in [0.15, 0.2) is 0 Å². The van der Waals surface area contributed by atoms with E-state index in [0.29, 0.717) is 16.1 Å². The zero-order chi connectivity index (χ0) is 14.5. The molecule has 1 aromatic carbocycles. The van der Waals surface area contributed by atoms with Crippen molar-refractivity contribution in [3.63, 3.8) is 0 Å². The molecule has 3 heteroatoms. The van der Waals surface area contributed by atoms with E-state index in [1.807, 2.05) is 0 Å². The number of halogens is 2. The molecule has 0 saturated heterocycles. The Morgan fingerprint density at radius 2 is 1.60 bits per heavy atom. The first-order valence-corrected chi connectivity index (χ1v) is 8.18. The van der Waals surface area contributed by atoms with Crippen LogP contribution in [0.5, 0.6) is 0 Å². The van der Waals surface area contributed by atoms with Crippen LogP contribution in [0.1, 0.15) is 33.3 Å². The van der Waals surface area contributed by atoms with E-state index < -0.39 is 0 Å². The van der Waals surface area contributed by atoms with Crippen molar-refractivity contribution in [2.75, 3.05) is 6.54 Å². The first kappa shape index (κ1) is 19.8. The lowest BCUT2D eigenvalue weighted by Gasteiger charge is -2.48. The van der Waals surface area contributed by atoms with Crippen LogP contribution in [-0.2, 0) is 6.42 Å². The standard InChI is InChI=1S/C17H25IN.ClH/c1-6-12-19(14(2)3,15(4)5)17(18)13-16-10-8-7-9-11-16;/h1,7-11,14-15,17H,12-13H2,2-5H3;1H/q+1;/p-1. The second kappa shape index (κ2) is 8.92. The van der Waals surface area contributed by atoms with Crippen molar-refractivity contribution in [3.05, 3.63) is 35.9 Å². The maximum Gasteiger partial charge on any atom is 0.144 e. The van der Waals surface area contributed by atoms with Crippen LogP contribution >= 0.6 is 22.6 Å². The average molecular weight is 406 g/mol. The third-order valence-electron chi connectivity index (χ3n) is 4.06. The molecule has 0 bridgehead atoms. The molecular formula is C17H25ClIN. The van der Waals surface area contributed by atoms with Crippen LogP contribution in [-0.4, -0.2) is 27.2 Å². The molecule has 1 nitrogen and oxygen atoms in total. The van der Waals surface area contributed by atoms with Crippen LogP contribution in [0, 0.1) is 12.3 Å². The second-order valence-corrected chi connectivity index (χ2v) is 7.11. The van der Waals surface area contributed by atoms with Gasteiger partial charge in [-0.3, -0.25) is 4.48 Å². The molecule has 0 aliphatic rings. The molecule has 0 radical (unpaired) electrons. The predicted molar refractivity (Wildman–Crippen MR) is 92.2 cm³/mol. The third kappa shape index (κ3) is 4.38. The Hall–Kier alpha value is -0.240.